The summed E-state index contributed by atoms with van der Waals surface area (Å²) in [5.41, 5.74) is 3.07. The molecule has 1 saturated carbocycles. The summed E-state index contributed by atoms with van der Waals surface area (Å²) in [6, 6.07) is 5.07. The smallest absolute Gasteiger partial charge is 0.182 e. The van der Waals surface area contributed by atoms with Crippen molar-refractivity contribution in [3.05, 3.63) is 42.5 Å². The number of aromatic nitrogens is 6. The van der Waals surface area contributed by atoms with Crippen LogP contribution in [0.4, 0.5) is 10.2 Å². The molecule has 0 bridgehead atoms. The number of H-pyrrole nitrogens is 1. The van der Waals surface area contributed by atoms with Gasteiger partial charge in [-0.25, -0.2) is 24.3 Å². The third kappa shape index (κ3) is 2.89. The van der Waals surface area contributed by atoms with Crippen molar-refractivity contribution >= 4 is 28.0 Å². The molecule has 1 aliphatic rings. The van der Waals surface area contributed by atoms with Gasteiger partial charge in [-0.05, 0) is 38.0 Å². The van der Waals surface area contributed by atoms with E-state index < -0.39 is 0 Å². The number of aromatic amines is 1. The summed E-state index contributed by atoms with van der Waals surface area (Å²) in [7, 11) is 0. The normalized spacial score (nSPS) is 16.6. The van der Waals surface area contributed by atoms with Gasteiger partial charge < -0.3 is 14.9 Å². The Kier molecular flexibility index (Phi) is 4.18. The number of hydrogen-bond acceptors (Lipinski definition) is 5. The lowest BCUT2D eigenvalue weighted by Gasteiger charge is -2.27. The van der Waals surface area contributed by atoms with Gasteiger partial charge in [0.2, 0.25) is 0 Å². The Morgan fingerprint density at radius 1 is 1.18 bits per heavy atom. The van der Waals surface area contributed by atoms with Gasteiger partial charge in [-0.2, -0.15) is 0 Å². The lowest BCUT2D eigenvalue weighted by atomic mass is 9.95. The maximum Gasteiger partial charge on any atom is 0.182 e. The quantitative estimate of drug-likeness (QED) is 0.545. The Labute approximate surface area is 161 Å². The molecule has 28 heavy (non-hydrogen) atoms. The highest BCUT2D eigenvalue weighted by Gasteiger charge is 2.25. The standard InChI is InChI=1S/C20H22FN7/c1-12(26-19-17-18(23-10-22-17)24-11-25-19)20-27-15-8-7-13(21)9-16(15)28(20)14-5-3-2-4-6-14/h7-12,14H,2-6H2,1H3,(H2,22,23,24,25,26). The molecule has 1 aliphatic carbocycles. The van der Waals surface area contributed by atoms with Crippen LogP contribution >= 0.6 is 0 Å². The van der Waals surface area contributed by atoms with Crippen molar-refractivity contribution in [3.63, 3.8) is 0 Å². The van der Waals surface area contributed by atoms with Crippen LogP contribution in [0.15, 0.2) is 30.9 Å². The van der Waals surface area contributed by atoms with Crippen molar-refractivity contribution in [2.75, 3.05) is 5.32 Å². The molecule has 3 aromatic heterocycles. The molecule has 1 atom stereocenters. The molecule has 5 rings (SSSR count). The molecule has 0 amide bonds. The fraction of sp³-hybridized carbons (Fsp3) is 0.400. The number of nitrogens with one attached hydrogen (secondary N) is 2. The van der Waals surface area contributed by atoms with Crippen LogP contribution in [0.3, 0.4) is 0 Å². The zero-order chi connectivity index (χ0) is 19.1. The number of rotatable bonds is 4. The number of benzene rings is 1. The second-order valence-electron chi connectivity index (χ2n) is 7.45. The van der Waals surface area contributed by atoms with Crippen LogP contribution in [0.25, 0.3) is 22.2 Å². The highest BCUT2D eigenvalue weighted by molar-refractivity contribution is 5.82. The zero-order valence-corrected chi connectivity index (χ0v) is 15.7. The minimum Gasteiger partial charge on any atom is -0.358 e. The monoisotopic (exact) mass is 379 g/mol. The van der Waals surface area contributed by atoms with E-state index in [0.717, 1.165) is 35.2 Å². The molecular weight excluding hydrogens is 357 g/mol. The predicted molar refractivity (Wildman–Crippen MR) is 106 cm³/mol. The number of halogens is 1. The number of anilines is 1. The Bertz CT molecular complexity index is 1130. The average Bonchev–Trinajstić information content (AvgIpc) is 3.33. The molecule has 1 aromatic carbocycles. The highest BCUT2D eigenvalue weighted by atomic mass is 19.1. The third-order valence-electron chi connectivity index (χ3n) is 5.58. The SMILES string of the molecule is CC(Nc1ncnc2nc[nH]c12)c1nc2ccc(F)cc2n1C1CCCCC1. The number of imidazole rings is 2. The van der Waals surface area contributed by atoms with E-state index in [4.69, 9.17) is 4.98 Å². The van der Waals surface area contributed by atoms with Gasteiger partial charge in [0.25, 0.3) is 0 Å². The van der Waals surface area contributed by atoms with Gasteiger partial charge in [-0.1, -0.05) is 19.3 Å². The van der Waals surface area contributed by atoms with Crippen LogP contribution in [0.5, 0.6) is 0 Å². The minimum atomic E-state index is -0.230. The maximum atomic E-state index is 14.0. The van der Waals surface area contributed by atoms with Crippen LogP contribution in [0, 0.1) is 5.82 Å². The van der Waals surface area contributed by atoms with Gasteiger partial charge >= 0.3 is 0 Å². The van der Waals surface area contributed by atoms with Gasteiger partial charge in [-0.3, -0.25) is 0 Å². The van der Waals surface area contributed by atoms with Crippen LogP contribution < -0.4 is 5.32 Å². The molecule has 144 valence electrons. The summed E-state index contributed by atoms with van der Waals surface area (Å²) >= 11 is 0. The first-order chi connectivity index (χ1) is 13.7. The first-order valence-corrected chi connectivity index (χ1v) is 9.78. The van der Waals surface area contributed by atoms with E-state index in [9.17, 15) is 4.39 Å². The van der Waals surface area contributed by atoms with Gasteiger partial charge in [0.1, 0.15) is 23.5 Å². The minimum absolute atomic E-state index is 0.112. The first kappa shape index (κ1) is 17.1. The summed E-state index contributed by atoms with van der Waals surface area (Å²) in [6.45, 7) is 2.06. The van der Waals surface area contributed by atoms with E-state index in [-0.39, 0.29) is 11.9 Å². The van der Waals surface area contributed by atoms with Crippen molar-refractivity contribution in [3.8, 4) is 0 Å². The van der Waals surface area contributed by atoms with E-state index in [0.29, 0.717) is 17.5 Å². The summed E-state index contributed by atoms with van der Waals surface area (Å²) in [5.74, 6) is 1.36. The van der Waals surface area contributed by atoms with E-state index in [1.165, 1.54) is 31.7 Å². The topological polar surface area (TPSA) is 84.3 Å². The molecule has 0 radical (unpaired) electrons. The number of nitrogens with zero attached hydrogens (tertiary/aromatic N) is 5. The third-order valence-corrected chi connectivity index (χ3v) is 5.58. The molecule has 1 unspecified atom stereocenters. The lowest BCUT2D eigenvalue weighted by molar-refractivity contribution is 0.349. The fourth-order valence-electron chi connectivity index (χ4n) is 4.26. The summed E-state index contributed by atoms with van der Waals surface area (Å²) < 4.78 is 16.2. The Hall–Kier alpha value is -3.03. The lowest BCUT2D eigenvalue weighted by Crippen LogP contribution is -2.20. The fourth-order valence-corrected chi connectivity index (χ4v) is 4.26. The molecule has 4 aromatic rings. The average molecular weight is 379 g/mol. The summed E-state index contributed by atoms with van der Waals surface area (Å²) in [5, 5.41) is 3.44. The van der Waals surface area contributed by atoms with E-state index >= 15 is 0 Å². The van der Waals surface area contributed by atoms with E-state index in [1.54, 1.807) is 18.5 Å². The largest absolute Gasteiger partial charge is 0.358 e. The van der Waals surface area contributed by atoms with Gasteiger partial charge in [-0.15, -0.1) is 0 Å². The second kappa shape index (κ2) is 6.85. The number of fused-ring (bicyclic) bond motifs is 2. The van der Waals surface area contributed by atoms with Crippen molar-refractivity contribution in [1.82, 2.24) is 29.5 Å². The van der Waals surface area contributed by atoms with Crippen molar-refractivity contribution < 1.29 is 4.39 Å². The van der Waals surface area contributed by atoms with Crippen LogP contribution in [-0.2, 0) is 0 Å². The van der Waals surface area contributed by atoms with Crippen LogP contribution in [0.2, 0.25) is 0 Å². The molecule has 3 heterocycles. The van der Waals surface area contributed by atoms with Crippen molar-refractivity contribution in [2.45, 2.75) is 51.1 Å². The van der Waals surface area contributed by atoms with E-state index in [1.807, 2.05) is 0 Å². The van der Waals surface area contributed by atoms with Gasteiger partial charge in [0.15, 0.2) is 11.5 Å². The Balaban J connectivity index is 1.58. The van der Waals surface area contributed by atoms with Crippen molar-refractivity contribution in [2.24, 2.45) is 0 Å². The first-order valence-electron chi connectivity index (χ1n) is 9.78. The molecule has 1 fully saturated rings. The van der Waals surface area contributed by atoms with Gasteiger partial charge in [0.05, 0.1) is 23.4 Å². The predicted octanol–water partition coefficient (Wildman–Crippen LogP) is 4.52. The maximum absolute atomic E-state index is 14.0. The van der Waals surface area contributed by atoms with Crippen LogP contribution in [0.1, 0.15) is 56.9 Å². The Morgan fingerprint density at radius 3 is 2.89 bits per heavy atom. The molecule has 2 N–H and O–H groups in total. The van der Waals surface area contributed by atoms with Crippen LogP contribution in [-0.4, -0.2) is 29.5 Å². The number of hydrogen-bond donors (Lipinski definition) is 2. The highest BCUT2D eigenvalue weighted by Crippen LogP contribution is 2.35. The zero-order valence-electron chi connectivity index (χ0n) is 15.7. The summed E-state index contributed by atoms with van der Waals surface area (Å²) in [6.07, 6.45) is 8.95. The van der Waals surface area contributed by atoms with Gasteiger partial charge in [0, 0.05) is 6.04 Å². The van der Waals surface area contributed by atoms with Crippen molar-refractivity contribution in [1.29, 1.82) is 0 Å². The van der Waals surface area contributed by atoms with E-state index in [2.05, 4.69) is 36.7 Å². The Morgan fingerprint density at radius 2 is 2.04 bits per heavy atom. The molecule has 8 heteroatoms. The molecule has 0 aliphatic heterocycles. The summed E-state index contributed by atoms with van der Waals surface area (Å²) in [4.78, 5) is 20.7. The second-order valence-corrected chi connectivity index (χ2v) is 7.45. The molecular formula is C20H22FN7. The molecule has 0 spiro atoms. The molecule has 7 nitrogen and oxygen atoms in total. The molecule has 0 saturated heterocycles.